The van der Waals surface area contributed by atoms with Crippen LogP contribution in [-0.2, 0) is 19.1 Å². The predicted molar refractivity (Wildman–Crippen MR) is 156 cm³/mol. The van der Waals surface area contributed by atoms with Gasteiger partial charge in [-0.25, -0.2) is 0 Å². The molecular formula is C32H62N2O4+2. The van der Waals surface area contributed by atoms with Crippen LogP contribution in [0.2, 0.25) is 0 Å². The van der Waals surface area contributed by atoms with Crippen LogP contribution < -0.4 is 0 Å². The van der Waals surface area contributed by atoms with Crippen LogP contribution in [0, 0.1) is 10.8 Å². The lowest BCUT2D eigenvalue weighted by Gasteiger charge is -2.59. The van der Waals surface area contributed by atoms with Crippen LogP contribution in [0.15, 0.2) is 0 Å². The van der Waals surface area contributed by atoms with E-state index in [4.69, 9.17) is 9.47 Å². The van der Waals surface area contributed by atoms with E-state index in [1.165, 1.54) is 0 Å². The second kappa shape index (κ2) is 9.75. The molecule has 2 aliphatic heterocycles. The minimum Gasteiger partial charge on any atom is -0.461 e. The second-order valence-corrected chi connectivity index (χ2v) is 17.3. The van der Waals surface area contributed by atoms with E-state index in [0.29, 0.717) is 12.8 Å². The molecule has 6 nitrogen and oxygen atoms in total. The normalized spacial score (nSPS) is 26.4. The molecule has 0 unspecified atom stereocenters. The molecule has 2 heterocycles. The molecule has 0 aromatic carbocycles. The van der Waals surface area contributed by atoms with E-state index in [2.05, 4.69) is 83.6 Å². The summed E-state index contributed by atoms with van der Waals surface area (Å²) in [4.78, 5) is 26.8. The van der Waals surface area contributed by atoms with Crippen molar-refractivity contribution in [2.75, 3.05) is 28.2 Å². The number of carbonyl (C=O) groups excluding carboxylic acids is 2. The highest BCUT2D eigenvalue weighted by molar-refractivity contribution is 5.77. The van der Waals surface area contributed by atoms with Crippen molar-refractivity contribution in [2.45, 2.75) is 156 Å². The average molecular weight is 539 g/mol. The number of ether oxygens (including phenoxy) is 2. The third kappa shape index (κ3) is 5.96. The van der Waals surface area contributed by atoms with Crippen LogP contribution in [0.25, 0.3) is 0 Å². The quantitative estimate of drug-likeness (QED) is 0.274. The van der Waals surface area contributed by atoms with Gasteiger partial charge in [0.2, 0.25) is 0 Å². The molecule has 38 heavy (non-hydrogen) atoms. The van der Waals surface area contributed by atoms with Gasteiger partial charge in [-0.2, -0.15) is 0 Å². The lowest BCUT2D eigenvalue weighted by atomic mass is 9.75. The van der Waals surface area contributed by atoms with Crippen molar-refractivity contribution in [2.24, 2.45) is 10.8 Å². The highest BCUT2D eigenvalue weighted by atomic mass is 16.5. The molecule has 2 fully saturated rings. The molecule has 0 atom stereocenters. The molecule has 0 N–H and O–H groups in total. The molecule has 2 saturated heterocycles. The molecule has 0 aromatic heterocycles. The van der Waals surface area contributed by atoms with Crippen LogP contribution in [0.3, 0.4) is 0 Å². The summed E-state index contributed by atoms with van der Waals surface area (Å²) in [5.41, 5.74) is -1.36. The Balaban J connectivity index is 2.02. The maximum absolute atomic E-state index is 13.4. The molecule has 2 aliphatic rings. The number of rotatable bonds is 7. The van der Waals surface area contributed by atoms with Crippen LogP contribution in [0.1, 0.15) is 122 Å². The third-order valence-electron chi connectivity index (χ3n) is 12.0. The van der Waals surface area contributed by atoms with E-state index in [1.807, 2.05) is 27.7 Å². The maximum Gasteiger partial charge on any atom is 0.311 e. The number of quaternary nitrogens is 2. The SMILES string of the molecule is CC(C)(CCC(C)(C)C(=O)OC1CC(C)(C)[N+](C)(C)C(C)(C)C1)C(=O)OC1CC(C)(C)[N+](C)(C)C(C)(C)C1. The molecule has 222 valence electrons. The summed E-state index contributed by atoms with van der Waals surface area (Å²) in [5.74, 6) is -0.331. The number of carbonyl (C=O) groups is 2. The Labute approximate surface area is 235 Å². The molecule has 0 radical (unpaired) electrons. The molecule has 0 saturated carbocycles. The fraction of sp³-hybridized carbons (Fsp3) is 0.938. The minimum absolute atomic E-state index is 0.00106. The van der Waals surface area contributed by atoms with Crippen molar-refractivity contribution in [3.05, 3.63) is 0 Å². The minimum atomic E-state index is -0.677. The van der Waals surface area contributed by atoms with Gasteiger partial charge in [0.05, 0.1) is 61.2 Å². The van der Waals surface area contributed by atoms with Crippen molar-refractivity contribution in [3.63, 3.8) is 0 Å². The molecule has 6 heteroatoms. The highest BCUT2D eigenvalue weighted by Gasteiger charge is 2.56. The van der Waals surface area contributed by atoms with Crippen molar-refractivity contribution >= 4 is 11.9 Å². The lowest BCUT2D eigenvalue weighted by molar-refractivity contribution is -0.988. The van der Waals surface area contributed by atoms with E-state index in [-0.39, 0.29) is 46.3 Å². The second-order valence-electron chi connectivity index (χ2n) is 17.3. The summed E-state index contributed by atoms with van der Waals surface area (Å²) in [6, 6.07) is 0. The predicted octanol–water partition coefficient (Wildman–Crippen LogP) is 6.50. The maximum atomic E-state index is 13.4. The highest BCUT2D eigenvalue weighted by Crippen LogP contribution is 2.46. The fourth-order valence-electron chi connectivity index (χ4n) is 6.54. The van der Waals surface area contributed by atoms with Gasteiger partial charge in [0.25, 0.3) is 0 Å². The first kappa shape index (κ1) is 33.1. The molecular weight excluding hydrogens is 476 g/mol. The van der Waals surface area contributed by atoms with E-state index in [0.717, 1.165) is 34.6 Å². The van der Waals surface area contributed by atoms with Crippen LogP contribution in [0.4, 0.5) is 0 Å². The number of nitrogens with zero attached hydrogens (tertiary/aromatic N) is 2. The van der Waals surface area contributed by atoms with Gasteiger partial charge < -0.3 is 18.4 Å². The molecule has 0 aliphatic carbocycles. The Hall–Kier alpha value is -1.14. The molecule has 0 bridgehead atoms. The Morgan fingerprint density at radius 2 is 0.789 bits per heavy atom. The summed E-state index contributed by atoms with van der Waals surface area (Å²) < 4.78 is 14.1. The Morgan fingerprint density at radius 1 is 0.579 bits per heavy atom. The summed E-state index contributed by atoms with van der Waals surface area (Å²) >= 11 is 0. The molecule has 0 amide bonds. The first-order valence-electron chi connectivity index (χ1n) is 14.7. The standard InChI is InChI=1S/C32H62N2O4/c1-27(2,25(35)37-23-19-29(5,6)33(13,14)30(7,8)20-23)17-18-28(3,4)26(36)38-24-21-31(9,10)34(15,16)32(11,12)22-24/h23-24H,17-22H2,1-16H3/q+2. The third-order valence-corrected chi connectivity index (χ3v) is 12.0. The van der Waals surface area contributed by atoms with E-state index in [9.17, 15) is 9.59 Å². The summed E-state index contributed by atoms with van der Waals surface area (Å²) in [7, 11) is 9.10. The van der Waals surface area contributed by atoms with Gasteiger partial charge in [-0.1, -0.05) is 0 Å². The van der Waals surface area contributed by atoms with Gasteiger partial charge in [0.1, 0.15) is 12.2 Å². The van der Waals surface area contributed by atoms with Crippen molar-refractivity contribution in [1.82, 2.24) is 0 Å². The van der Waals surface area contributed by atoms with Gasteiger partial charge in [-0.15, -0.1) is 0 Å². The largest absolute Gasteiger partial charge is 0.461 e. The van der Waals surface area contributed by atoms with Crippen LogP contribution in [-0.4, -0.2) is 83.5 Å². The van der Waals surface area contributed by atoms with E-state index < -0.39 is 10.8 Å². The zero-order chi connectivity index (χ0) is 30.0. The molecule has 0 aromatic rings. The number of likely N-dealkylation sites (tertiary alicyclic amines) is 2. The Morgan fingerprint density at radius 3 is 1.00 bits per heavy atom. The average Bonchev–Trinajstić information content (AvgIpc) is 2.68. The van der Waals surface area contributed by atoms with Gasteiger partial charge in [-0.05, 0) is 95.9 Å². The fourth-order valence-corrected chi connectivity index (χ4v) is 6.54. The first-order valence-corrected chi connectivity index (χ1v) is 14.7. The smallest absolute Gasteiger partial charge is 0.311 e. The monoisotopic (exact) mass is 538 g/mol. The van der Waals surface area contributed by atoms with Crippen molar-refractivity contribution in [1.29, 1.82) is 0 Å². The number of hydrogen-bond donors (Lipinski definition) is 0. The van der Waals surface area contributed by atoms with Crippen molar-refractivity contribution in [3.8, 4) is 0 Å². The van der Waals surface area contributed by atoms with Crippen LogP contribution in [0.5, 0.6) is 0 Å². The van der Waals surface area contributed by atoms with Gasteiger partial charge in [-0.3, -0.25) is 9.59 Å². The first-order chi connectivity index (χ1) is 16.6. The van der Waals surface area contributed by atoms with E-state index in [1.54, 1.807) is 0 Å². The summed E-state index contributed by atoms with van der Waals surface area (Å²) in [6.45, 7) is 25.9. The lowest BCUT2D eigenvalue weighted by Crippen LogP contribution is -2.71. The number of piperidine rings is 2. The summed E-state index contributed by atoms with van der Waals surface area (Å²) in [6.07, 6.45) is 4.30. The Kier molecular flexibility index (Phi) is 8.48. The Bertz CT molecular complexity index is 794. The van der Waals surface area contributed by atoms with E-state index >= 15 is 0 Å². The van der Waals surface area contributed by atoms with Crippen molar-refractivity contribution < 1.29 is 28.0 Å². The summed E-state index contributed by atoms with van der Waals surface area (Å²) in [5, 5.41) is 0. The number of esters is 2. The van der Waals surface area contributed by atoms with Gasteiger partial charge in [0.15, 0.2) is 0 Å². The molecule has 2 rings (SSSR count). The number of hydrogen-bond acceptors (Lipinski definition) is 4. The molecule has 0 spiro atoms. The topological polar surface area (TPSA) is 52.6 Å². The van der Waals surface area contributed by atoms with Crippen LogP contribution >= 0.6 is 0 Å². The van der Waals surface area contributed by atoms with Gasteiger partial charge >= 0.3 is 11.9 Å². The zero-order valence-corrected chi connectivity index (χ0v) is 27.9. The van der Waals surface area contributed by atoms with Gasteiger partial charge in [0, 0.05) is 25.7 Å². The zero-order valence-electron chi connectivity index (χ0n) is 27.9.